The van der Waals surface area contributed by atoms with Crippen molar-refractivity contribution in [3.8, 4) is 16.3 Å². The normalized spacial score (nSPS) is 19.0. The first-order chi connectivity index (χ1) is 19.3. The molecule has 1 aliphatic rings. The largest absolute Gasteiger partial charge is 0.508 e. The lowest BCUT2D eigenvalue weighted by atomic mass is 9.93. The molecule has 8 heteroatoms. The lowest BCUT2D eigenvalue weighted by molar-refractivity contribution is -0.144. The Bertz CT molecular complexity index is 1260. The summed E-state index contributed by atoms with van der Waals surface area (Å²) in [6, 6.07) is 17.1. The van der Waals surface area contributed by atoms with Gasteiger partial charge in [-0.05, 0) is 51.1 Å². The Morgan fingerprint density at radius 1 is 1.20 bits per heavy atom. The standard InChI is InChI=1S/C32H42N4O3S/c1-6-16-35-19-24(4)36(20-23(35)3)31(27-9-8-10-29(37)18-27)25-11-13-26(14-12-25)32-33-28(22-40-32)15-17-34(5)21-30(38)39-7-2/h6,8-14,18,22-24,31,37H,1,7,15-17,19-21H2,2-5H3/t23-,24+,31-/m1/s1. The van der Waals surface area contributed by atoms with Crippen LogP contribution in [0.3, 0.4) is 0 Å². The number of thiazole rings is 1. The van der Waals surface area contributed by atoms with Gasteiger partial charge in [0.25, 0.3) is 0 Å². The lowest BCUT2D eigenvalue weighted by Crippen LogP contribution is -2.57. The van der Waals surface area contributed by atoms with Gasteiger partial charge in [-0.2, -0.15) is 0 Å². The SMILES string of the molecule is C=CCN1C[C@H](C)N([C@H](c2ccc(-c3nc(CCN(C)CC(=O)OCC)cs3)cc2)c2cccc(O)c2)C[C@H]1C. The third-order valence-electron chi connectivity index (χ3n) is 7.52. The minimum atomic E-state index is -0.199. The molecule has 0 unspecified atom stereocenters. The minimum absolute atomic E-state index is 0.0336. The van der Waals surface area contributed by atoms with Crippen LogP contribution in [0.4, 0.5) is 0 Å². The van der Waals surface area contributed by atoms with Gasteiger partial charge in [0, 0.05) is 55.6 Å². The van der Waals surface area contributed by atoms with Gasteiger partial charge in [0.2, 0.25) is 0 Å². The Hall–Kier alpha value is -3.04. The molecule has 0 spiro atoms. The Kier molecular flexibility index (Phi) is 10.5. The van der Waals surface area contributed by atoms with Crippen molar-refractivity contribution >= 4 is 17.3 Å². The molecule has 40 heavy (non-hydrogen) atoms. The molecule has 3 atom stereocenters. The summed E-state index contributed by atoms with van der Waals surface area (Å²) in [5.41, 5.74) is 4.40. The highest BCUT2D eigenvalue weighted by Crippen LogP contribution is 2.35. The monoisotopic (exact) mass is 562 g/mol. The molecule has 0 aliphatic carbocycles. The summed E-state index contributed by atoms with van der Waals surface area (Å²) >= 11 is 1.64. The Morgan fingerprint density at radius 3 is 2.67 bits per heavy atom. The van der Waals surface area contributed by atoms with E-state index in [1.807, 2.05) is 37.1 Å². The van der Waals surface area contributed by atoms with Crippen LogP contribution in [0.25, 0.3) is 10.6 Å². The Labute approximate surface area is 242 Å². The average molecular weight is 563 g/mol. The van der Waals surface area contributed by atoms with Gasteiger partial charge in [0.05, 0.1) is 24.9 Å². The minimum Gasteiger partial charge on any atom is -0.508 e. The number of aromatic nitrogens is 1. The van der Waals surface area contributed by atoms with Gasteiger partial charge in [-0.25, -0.2) is 4.98 Å². The second-order valence-corrected chi connectivity index (χ2v) is 11.6. The third kappa shape index (κ3) is 7.57. The molecule has 0 saturated carbocycles. The quantitative estimate of drug-likeness (QED) is 0.240. The number of phenolic OH excluding ortho intramolecular Hbond substituents is 1. The first kappa shape index (κ1) is 29.9. The van der Waals surface area contributed by atoms with E-state index in [0.29, 0.717) is 18.7 Å². The van der Waals surface area contributed by atoms with Gasteiger partial charge in [-0.15, -0.1) is 17.9 Å². The van der Waals surface area contributed by atoms with Crippen LogP contribution in [0.15, 0.2) is 66.6 Å². The fourth-order valence-electron chi connectivity index (χ4n) is 5.45. The summed E-state index contributed by atoms with van der Waals surface area (Å²) in [6.45, 7) is 14.5. The summed E-state index contributed by atoms with van der Waals surface area (Å²) in [7, 11) is 1.92. The highest BCUT2D eigenvalue weighted by molar-refractivity contribution is 7.13. The van der Waals surface area contributed by atoms with Gasteiger partial charge in [-0.1, -0.05) is 42.5 Å². The van der Waals surface area contributed by atoms with E-state index in [0.717, 1.165) is 54.4 Å². The summed E-state index contributed by atoms with van der Waals surface area (Å²) in [6.07, 6.45) is 2.76. The number of piperazine rings is 1. The average Bonchev–Trinajstić information content (AvgIpc) is 3.40. The molecule has 1 aromatic heterocycles. The zero-order chi connectivity index (χ0) is 28.6. The molecule has 1 N–H and O–H groups in total. The molecule has 0 bridgehead atoms. The number of carbonyl (C=O) groups excluding carboxylic acids is 1. The van der Waals surface area contributed by atoms with E-state index in [4.69, 9.17) is 9.72 Å². The van der Waals surface area contributed by atoms with E-state index in [1.54, 1.807) is 17.4 Å². The number of aromatic hydroxyl groups is 1. The van der Waals surface area contributed by atoms with Gasteiger partial charge in [0.1, 0.15) is 10.8 Å². The second kappa shape index (κ2) is 14.0. The zero-order valence-corrected chi connectivity index (χ0v) is 24.9. The van der Waals surface area contributed by atoms with Crippen LogP contribution in [0.2, 0.25) is 0 Å². The molecule has 1 saturated heterocycles. The number of hydrogen-bond donors (Lipinski definition) is 1. The lowest BCUT2D eigenvalue weighted by Gasteiger charge is -2.47. The number of nitrogens with zero attached hydrogens (tertiary/aromatic N) is 4. The van der Waals surface area contributed by atoms with E-state index >= 15 is 0 Å². The molecule has 2 heterocycles. The Morgan fingerprint density at radius 2 is 1.98 bits per heavy atom. The molecular weight excluding hydrogens is 520 g/mol. The van der Waals surface area contributed by atoms with Crippen LogP contribution in [-0.4, -0.2) is 89.2 Å². The smallest absolute Gasteiger partial charge is 0.320 e. The fourth-order valence-corrected chi connectivity index (χ4v) is 6.31. The Balaban J connectivity index is 1.50. The second-order valence-electron chi connectivity index (χ2n) is 10.7. The van der Waals surface area contributed by atoms with Gasteiger partial charge < -0.3 is 9.84 Å². The molecule has 3 aromatic rings. The van der Waals surface area contributed by atoms with Crippen molar-refractivity contribution in [2.75, 3.05) is 46.4 Å². The van der Waals surface area contributed by atoms with Crippen LogP contribution in [-0.2, 0) is 16.0 Å². The molecule has 0 amide bonds. The van der Waals surface area contributed by atoms with Gasteiger partial charge in [0.15, 0.2) is 0 Å². The van der Waals surface area contributed by atoms with E-state index in [9.17, 15) is 9.90 Å². The predicted molar refractivity (Wildman–Crippen MR) is 163 cm³/mol. The molecule has 1 fully saturated rings. The highest BCUT2D eigenvalue weighted by atomic mass is 32.1. The molecule has 7 nitrogen and oxygen atoms in total. The maximum atomic E-state index is 11.7. The van der Waals surface area contributed by atoms with Gasteiger partial charge in [-0.3, -0.25) is 19.5 Å². The maximum absolute atomic E-state index is 11.7. The van der Waals surface area contributed by atoms with E-state index < -0.39 is 0 Å². The molecule has 2 aromatic carbocycles. The topological polar surface area (TPSA) is 69.1 Å². The van der Waals surface area contributed by atoms with Crippen LogP contribution in [0.5, 0.6) is 5.75 Å². The van der Waals surface area contributed by atoms with Gasteiger partial charge >= 0.3 is 5.97 Å². The first-order valence-corrected chi connectivity index (χ1v) is 15.0. The van der Waals surface area contributed by atoms with Crippen LogP contribution in [0, 0.1) is 0 Å². The first-order valence-electron chi connectivity index (χ1n) is 14.1. The zero-order valence-electron chi connectivity index (χ0n) is 24.1. The predicted octanol–water partition coefficient (Wildman–Crippen LogP) is 5.22. The number of rotatable bonds is 12. The van der Waals surface area contributed by atoms with Crippen LogP contribution >= 0.6 is 11.3 Å². The van der Waals surface area contributed by atoms with Crippen molar-refractivity contribution in [1.29, 1.82) is 0 Å². The van der Waals surface area contributed by atoms with Crippen molar-refractivity contribution in [2.24, 2.45) is 0 Å². The molecule has 0 radical (unpaired) electrons. The number of likely N-dealkylation sites (N-methyl/N-ethyl adjacent to an activating group) is 1. The highest BCUT2D eigenvalue weighted by Gasteiger charge is 2.34. The summed E-state index contributed by atoms with van der Waals surface area (Å²) < 4.78 is 5.04. The van der Waals surface area contributed by atoms with E-state index in [2.05, 4.69) is 65.9 Å². The van der Waals surface area contributed by atoms with E-state index in [-0.39, 0.29) is 24.3 Å². The maximum Gasteiger partial charge on any atom is 0.320 e. The van der Waals surface area contributed by atoms with E-state index in [1.165, 1.54) is 5.56 Å². The van der Waals surface area contributed by atoms with Crippen molar-refractivity contribution in [3.05, 3.63) is 83.4 Å². The van der Waals surface area contributed by atoms with Crippen LogP contribution < -0.4 is 0 Å². The van der Waals surface area contributed by atoms with Crippen LogP contribution in [0.1, 0.15) is 43.6 Å². The number of esters is 1. The van der Waals surface area contributed by atoms with Crippen molar-refractivity contribution < 1.29 is 14.6 Å². The molecule has 4 rings (SSSR count). The number of benzene rings is 2. The van der Waals surface area contributed by atoms with Crippen molar-refractivity contribution in [1.82, 2.24) is 19.7 Å². The number of phenols is 1. The summed E-state index contributed by atoms with van der Waals surface area (Å²) in [5.74, 6) is 0.0869. The molecule has 1 aliphatic heterocycles. The number of ether oxygens (including phenoxy) is 1. The number of hydrogen-bond acceptors (Lipinski definition) is 8. The fraction of sp³-hybridized carbons (Fsp3) is 0.438. The third-order valence-corrected chi connectivity index (χ3v) is 8.46. The summed E-state index contributed by atoms with van der Waals surface area (Å²) in [5, 5.41) is 13.4. The van der Waals surface area contributed by atoms with Crippen molar-refractivity contribution in [2.45, 2.75) is 45.3 Å². The van der Waals surface area contributed by atoms with Crippen molar-refractivity contribution in [3.63, 3.8) is 0 Å². The number of carbonyl (C=O) groups is 1. The molecular formula is C32H42N4O3S. The summed E-state index contributed by atoms with van der Waals surface area (Å²) in [4.78, 5) is 23.6. The molecule has 214 valence electrons.